The number of benzene rings is 1. The van der Waals surface area contributed by atoms with Crippen LogP contribution in [-0.4, -0.2) is 12.1 Å². The van der Waals surface area contributed by atoms with Crippen molar-refractivity contribution in [1.82, 2.24) is 4.98 Å². The molecule has 0 bridgehead atoms. The molecular formula is C16H18N2O2S. The summed E-state index contributed by atoms with van der Waals surface area (Å²) in [5.74, 6) is 0.894. The Labute approximate surface area is 129 Å². The number of aryl methyl sites for hydroxylation is 1. The fraction of sp³-hybridized carbons (Fsp3) is 0.375. The largest absolute Gasteiger partial charge is 0.486 e. The molecule has 21 heavy (non-hydrogen) atoms. The maximum atomic E-state index is 8.85. The molecule has 0 amide bonds. The molecule has 0 spiro atoms. The summed E-state index contributed by atoms with van der Waals surface area (Å²) in [6, 6.07) is 10.2. The first-order valence-corrected chi connectivity index (χ1v) is 7.64. The molecule has 1 heterocycles. The van der Waals surface area contributed by atoms with Crippen molar-refractivity contribution in [2.45, 2.75) is 33.0 Å². The Hall–Kier alpha value is -1.90. The van der Waals surface area contributed by atoms with Gasteiger partial charge in [-0.15, -0.1) is 11.3 Å². The van der Waals surface area contributed by atoms with Crippen molar-refractivity contribution in [3.8, 4) is 11.8 Å². The number of hydrogen-bond acceptors (Lipinski definition) is 5. The summed E-state index contributed by atoms with van der Waals surface area (Å²) in [4.78, 5) is 5.47. The molecular weight excluding hydrogens is 284 g/mol. The fourth-order valence-corrected chi connectivity index (χ4v) is 2.95. The second kappa shape index (κ2) is 7.77. The van der Waals surface area contributed by atoms with E-state index in [1.54, 1.807) is 7.11 Å². The van der Waals surface area contributed by atoms with Crippen molar-refractivity contribution in [2.75, 3.05) is 7.11 Å². The van der Waals surface area contributed by atoms with Crippen molar-refractivity contribution >= 4 is 11.3 Å². The van der Waals surface area contributed by atoms with Crippen LogP contribution in [-0.2, 0) is 30.8 Å². The fourth-order valence-electron chi connectivity index (χ4n) is 2.03. The minimum atomic E-state index is 0.363. The van der Waals surface area contributed by atoms with Crippen LogP contribution in [0.1, 0.15) is 28.1 Å². The quantitative estimate of drug-likeness (QED) is 0.785. The zero-order valence-electron chi connectivity index (χ0n) is 12.3. The molecule has 0 unspecified atom stereocenters. The predicted octanol–water partition coefficient (Wildman–Crippen LogP) is 3.50. The molecule has 0 saturated heterocycles. The summed E-state index contributed by atoms with van der Waals surface area (Å²) in [5, 5.41) is 9.73. The summed E-state index contributed by atoms with van der Waals surface area (Å²) in [6.07, 6.45) is 1.30. The summed E-state index contributed by atoms with van der Waals surface area (Å²) in [7, 11) is 1.63. The van der Waals surface area contributed by atoms with Crippen LogP contribution in [0.5, 0.6) is 5.75 Å². The number of nitrogens with zero attached hydrogens (tertiary/aromatic N) is 2. The molecule has 2 aromatic rings. The highest BCUT2D eigenvalue weighted by atomic mass is 32.1. The van der Waals surface area contributed by atoms with Crippen molar-refractivity contribution < 1.29 is 9.47 Å². The van der Waals surface area contributed by atoms with E-state index in [2.05, 4.69) is 24.0 Å². The minimum absolute atomic E-state index is 0.363. The molecule has 0 aliphatic carbocycles. The molecule has 4 nitrogen and oxygen atoms in total. The summed E-state index contributed by atoms with van der Waals surface area (Å²) in [6.45, 7) is 2.95. The third-order valence-electron chi connectivity index (χ3n) is 3.05. The maximum absolute atomic E-state index is 8.85. The molecule has 0 saturated carbocycles. The number of hydrogen-bond donors (Lipinski definition) is 0. The van der Waals surface area contributed by atoms with Crippen LogP contribution in [0, 0.1) is 11.3 Å². The lowest BCUT2D eigenvalue weighted by Gasteiger charge is -2.08. The van der Waals surface area contributed by atoms with Crippen LogP contribution in [0.4, 0.5) is 0 Å². The van der Waals surface area contributed by atoms with E-state index in [0.717, 1.165) is 27.7 Å². The normalized spacial score (nSPS) is 10.3. The second-order valence-electron chi connectivity index (χ2n) is 4.50. The standard InChI is InChI=1S/C16H18N2O2S/c1-3-12-6-4-5-7-14(12)20-11-16-18-13(10-19-2)15(21-16)8-9-17/h4-7H,3,8,10-11H2,1-2H3. The van der Waals surface area contributed by atoms with E-state index in [-0.39, 0.29) is 0 Å². The Balaban J connectivity index is 2.09. The van der Waals surface area contributed by atoms with Gasteiger partial charge in [-0.3, -0.25) is 0 Å². The number of nitriles is 1. The van der Waals surface area contributed by atoms with Gasteiger partial charge in [0.15, 0.2) is 0 Å². The summed E-state index contributed by atoms with van der Waals surface area (Å²) >= 11 is 1.52. The van der Waals surface area contributed by atoms with Gasteiger partial charge in [-0.25, -0.2) is 4.98 Å². The Bertz CT molecular complexity index is 631. The highest BCUT2D eigenvalue weighted by Gasteiger charge is 2.12. The van der Waals surface area contributed by atoms with Gasteiger partial charge < -0.3 is 9.47 Å². The number of thiazole rings is 1. The first kappa shape index (κ1) is 15.5. The van der Waals surface area contributed by atoms with Gasteiger partial charge in [0.25, 0.3) is 0 Å². The van der Waals surface area contributed by atoms with E-state index in [4.69, 9.17) is 14.7 Å². The monoisotopic (exact) mass is 302 g/mol. The molecule has 110 valence electrons. The first-order chi connectivity index (χ1) is 10.3. The number of aromatic nitrogens is 1. The Morgan fingerprint density at radius 3 is 2.81 bits per heavy atom. The maximum Gasteiger partial charge on any atom is 0.140 e. The highest BCUT2D eigenvalue weighted by molar-refractivity contribution is 7.11. The lowest BCUT2D eigenvalue weighted by molar-refractivity contribution is 0.181. The Kier molecular flexibility index (Phi) is 5.73. The number of ether oxygens (including phenoxy) is 2. The van der Waals surface area contributed by atoms with Crippen LogP contribution >= 0.6 is 11.3 Å². The first-order valence-electron chi connectivity index (χ1n) is 6.82. The number of methoxy groups -OCH3 is 1. The van der Waals surface area contributed by atoms with Gasteiger partial charge >= 0.3 is 0 Å². The molecule has 1 aromatic carbocycles. The number of para-hydroxylation sites is 1. The van der Waals surface area contributed by atoms with Crippen molar-refractivity contribution in [3.05, 3.63) is 45.4 Å². The van der Waals surface area contributed by atoms with Gasteiger partial charge in [0.2, 0.25) is 0 Å². The molecule has 0 aliphatic rings. The molecule has 0 radical (unpaired) electrons. The van der Waals surface area contributed by atoms with Gasteiger partial charge in [0, 0.05) is 12.0 Å². The van der Waals surface area contributed by atoms with E-state index in [0.29, 0.717) is 19.6 Å². The molecule has 5 heteroatoms. The van der Waals surface area contributed by atoms with Gasteiger partial charge in [-0.05, 0) is 18.1 Å². The Morgan fingerprint density at radius 1 is 1.29 bits per heavy atom. The van der Waals surface area contributed by atoms with E-state index in [1.807, 2.05) is 18.2 Å². The molecule has 0 aliphatic heterocycles. The van der Waals surface area contributed by atoms with Gasteiger partial charge in [-0.1, -0.05) is 25.1 Å². The summed E-state index contributed by atoms with van der Waals surface area (Å²) in [5.41, 5.74) is 2.02. The third kappa shape index (κ3) is 4.03. The van der Waals surface area contributed by atoms with Gasteiger partial charge in [0.1, 0.15) is 17.4 Å². The SMILES string of the molecule is CCc1ccccc1OCc1nc(COC)c(CC#N)s1. The van der Waals surface area contributed by atoms with Crippen molar-refractivity contribution in [1.29, 1.82) is 5.26 Å². The van der Waals surface area contributed by atoms with Crippen molar-refractivity contribution in [3.63, 3.8) is 0 Å². The second-order valence-corrected chi connectivity index (χ2v) is 5.66. The van der Waals surface area contributed by atoms with E-state index in [9.17, 15) is 0 Å². The molecule has 2 rings (SSSR count). The Morgan fingerprint density at radius 2 is 2.10 bits per heavy atom. The molecule has 0 atom stereocenters. The van der Waals surface area contributed by atoms with Crippen LogP contribution in [0.2, 0.25) is 0 Å². The van der Waals surface area contributed by atoms with E-state index < -0.39 is 0 Å². The zero-order valence-corrected chi connectivity index (χ0v) is 13.1. The van der Waals surface area contributed by atoms with Crippen LogP contribution in [0.15, 0.2) is 24.3 Å². The van der Waals surface area contributed by atoms with Gasteiger partial charge in [-0.2, -0.15) is 5.26 Å². The minimum Gasteiger partial charge on any atom is -0.486 e. The van der Waals surface area contributed by atoms with Gasteiger partial charge in [0.05, 0.1) is 24.8 Å². The smallest absolute Gasteiger partial charge is 0.140 e. The zero-order chi connectivity index (χ0) is 15.1. The van der Waals surface area contributed by atoms with E-state index in [1.165, 1.54) is 16.9 Å². The number of rotatable bonds is 7. The summed E-state index contributed by atoms with van der Waals surface area (Å²) < 4.78 is 11.0. The van der Waals surface area contributed by atoms with Crippen LogP contribution < -0.4 is 4.74 Å². The average Bonchev–Trinajstić information content (AvgIpc) is 2.88. The lowest BCUT2D eigenvalue weighted by atomic mass is 10.1. The molecule has 1 aromatic heterocycles. The third-order valence-corrected chi connectivity index (χ3v) is 4.12. The van der Waals surface area contributed by atoms with Crippen LogP contribution in [0.25, 0.3) is 0 Å². The van der Waals surface area contributed by atoms with E-state index >= 15 is 0 Å². The predicted molar refractivity (Wildman–Crippen MR) is 82.3 cm³/mol. The lowest BCUT2D eigenvalue weighted by Crippen LogP contribution is -1.98. The molecule has 0 fully saturated rings. The molecule has 0 N–H and O–H groups in total. The van der Waals surface area contributed by atoms with Crippen LogP contribution in [0.3, 0.4) is 0 Å². The topological polar surface area (TPSA) is 55.1 Å². The highest BCUT2D eigenvalue weighted by Crippen LogP contribution is 2.23. The van der Waals surface area contributed by atoms with Crippen molar-refractivity contribution in [2.24, 2.45) is 0 Å². The average molecular weight is 302 g/mol.